The molecule has 0 radical (unpaired) electrons. The Kier molecular flexibility index (Phi) is 6.34. The molecule has 27 heavy (non-hydrogen) atoms. The zero-order valence-electron chi connectivity index (χ0n) is 15.4. The van der Waals surface area contributed by atoms with Crippen molar-refractivity contribution < 1.29 is 14.5 Å². The number of anilines is 1. The third-order valence-corrected chi connectivity index (χ3v) is 4.55. The second kappa shape index (κ2) is 9.10. The second-order valence-corrected chi connectivity index (χ2v) is 6.48. The Morgan fingerprint density at radius 3 is 2.37 bits per heavy atom. The summed E-state index contributed by atoms with van der Waals surface area (Å²) in [6.45, 7) is 2.35. The number of halogens is 1. The zero-order valence-corrected chi connectivity index (χ0v) is 15.4. The third kappa shape index (κ3) is 5.25. The highest BCUT2D eigenvalue weighted by molar-refractivity contribution is 5.91. The van der Waals surface area contributed by atoms with Gasteiger partial charge in [0.1, 0.15) is 11.9 Å². The van der Waals surface area contributed by atoms with E-state index in [-0.39, 0.29) is 24.3 Å². The molecule has 0 aromatic heterocycles. The van der Waals surface area contributed by atoms with Crippen molar-refractivity contribution in [3.63, 3.8) is 0 Å². The molecule has 138 valence electrons. The van der Waals surface area contributed by atoms with Crippen LogP contribution in [0, 0.1) is 5.82 Å². The molecular formula is C23H24FN2O+. The summed E-state index contributed by atoms with van der Waals surface area (Å²) < 4.78 is 13.8. The van der Waals surface area contributed by atoms with E-state index in [2.05, 4.69) is 36.5 Å². The highest BCUT2D eigenvalue weighted by Crippen LogP contribution is 2.20. The lowest BCUT2D eigenvalue weighted by molar-refractivity contribution is -0.676. The van der Waals surface area contributed by atoms with Crippen LogP contribution in [0.2, 0.25) is 0 Å². The summed E-state index contributed by atoms with van der Waals surface area (Å²) in [7, 11) is 0. The van der Waals surface area contributed by atoms with Crippen LogP contribution in [0.4, 0.5) is 10.1 Å². The number of hydrogen-bond donors (Lipinski definition) is 2. The molecule has 3 nitrogen and oxygen atoms in total. The number of para-hydroxylation sites is 1. The van der Waals surface area contributed by atoms with Crippen molar-refractivity contribution in [2.45, 2.75) is 19.4 Å². The molecule has 3 N–H and O–H groups in total. The normalized spacial score (nSPS) is 11.8. The third-order valence-electron chi connectivity index (χ3n) is 4.55. The number of carbonyl (C=O) groups excluding carboxylic acids is 1. The Bertz CT molecular complexity index is 878. The molecular weight excluding hydrogens is 339 g/mol. The second-order valence-electron chi connectivity index (χ2n) is 6.48. The van der Waals surface area contributed by atoms with Gasteiger partial charge in [-0.1, -0.05) is 61.5 Å². The van der Waals surface area contributed by atoms with Gasteiger partial charge in [-0.2, -0.15) is 0 Å². The van der Waals surface area contributed by atoms with Gasteiger partial charge in [0.25, 0.3) is 5.91 Å². The van der Waals surface area contributed by atoms with Crippen molar-refractivity contribution in [3.8, 4) is 0 Å². The Hall–Kier alpha value is -2.98. The molecule has 3 rings (SSSR count). The Labute approximate surface area is 159 Å². The standard InChI is InChI=1S/C23H23FN2O/c1-2-17-11-13-18(14-12-17)23(19-7-6-8-20(24)15-19)25-16-22(27)26-21-9-4-3-5-10-21/h3-15,23,25H,2,16H2,1H3,(H,26,27)/p+1/t23-/m1/s1. The number of hydrogen-bond acceptors (Lipinski definition) is 1. The first-order valence-corrected chi connectivity index (χ1v) is 9.18. The van der Waals surface area contributed by atoms with Crippen molar-refractivity contribution in [1.82, 2.24) is 0 Å². The van der Waals surface area contributed by atoms with Crippen molar-refractivity contribution >= 4 is 11.6 Å². The smallest absolute Gasteiger partial charge is 0.279 e. The lowest BCUT2D eigenvalue weighted by atomic mass is 9.97. The van der Waals surface area contributed by atoms with Gasteiger partial charge in [-0.05, 0) is 36.2 Å². The van der Waals surface area contributed by atoms with E-state index in [0.717, 1.165) is 23.2 Å². The number of quaternary nitrogens is 1. The molecule has 0 heterocycles. The molecule has 3 aromatic carbocycles. The summed E-state index contributed by atoms with van der Waals surface area (Å²) in [6, 6.07) is 24.1. The average Bonchev–Trinajstić information content (AvgIpc) is 2.69. The Morgan fingerprint density at radius 1 is 0.963 bits per heavy atom. The van der Waals surface area contributed by atoms with Gasteiger partial charge in [0.2, 0.25) is 0 Å². The molecule has 3 aromatic rings. The summed E-state index contributed by atoms with van der Waals surface area (Å²) in [5.41, 5.74) is 3.90. The van der Waals surface area contributed by atoms with Gasteiger partial charge in [-0.25, -0.2) is 4.39 Å². The minimum Gasteiger partial charge on any atom is -0.328 e. The van der Waals surface area contributed by atoms with Crippen molar-refractivity contribution in [1.29, 1.82) is 0 Å². The van der Waals surface area contributed by atoms with Gasteiger partial charge >= 0.3 is 0 Å². The number of amides is 1. The minimum absolute atomic E-state index is 0.0900. The van der Waals surface area contributed by atoms with Crippen LogP contribution >= 0.6 is 0 Å². The molecule has 0 fully saturated rings. The molecule has 0 saturated heterocycles. The fraction of sp³-hybridized carbons (Fsp3) is 0.174. The largest absolute Gasteiger partial charge is 0.328 e. The summed E-state index contributed by atoms with van der Waals surface area (Å²) in [6.07, 6.45) is 0.966. The van der Waals surface area contributed by atoms with Crippen LogP contribution < -0.4 is 10.6 Å². The lowest BCUT2D eigenvalue weighted by Crippen LogP contribution is -2.87. The van der Waals surface area contributed by atoms with E-state index >= 15 is 0 Å². The van der Waals surface area contributed by atoms with Crippen LogP contribution in [0.1, 0.15) is 29.7 Å². The number of carbonyl (C=O) groups is 1. The Morgan fingerprint density at radius 2 is 1.70 bits per heavy atom. The highest BCUT2D eigenvalue weighted by Gasteiger charge is 2.19. The fourth-order valence-corrected chi connectivity index (χ4v) is 3.08. The molecule has 0 aliphatic carbocycles. The van der Waals surface area contributed by atoms with Crippen LogP contribution in [0.25, 0.3) is 0 Å². The predicted molar refractivity (Wildman–Crippen MR) is 106 cm³/mol. The summed E-state index contributed by atoms with van der Waals surface area (Å²) in [4.78, 5) is 12.3. The molecule has 0 bridgehead atoms. The molecule has 1 amide bonds. The summed E-state index contributed by atoms with van der Waals surface area (Å²) in [5.74, 6) is -0.363. The van der Waals surface area contributed by atoms with Crippen LogP contribution in [0.15, 0.2) is 78.9 Å². The van der Waals surface area contributed by atoms with Crippen LogP contribution in [-0.4, -0.2) is 12.5 Å². The van der Waals surface area contributed by atoms with E-state index in [9.17, 15) is 9.18 Å². The molecule has 0 spiro atoms. The van der Waals surface area contributed by atoms with Gasteiger partial charge in [0.05, 0.1) is 0 Å². The molecule has 0 unspecified atom stereocenters. The first-order chi connectivity index (χ1) is 13.2. The topological polar surface area (TPSA) is 45.7 Å². The van der Waals surface area contributed by atoms with Crippen molar-refractivity contribution in [2.24, 2.45) is 0 Å². The van der Waals surface area contributed by atoms with Crippen molar-refractivity contribution in [2.75, 3.05) is 11.9 Å². The maximum absolute atomic E-state index is 13.8. The Balaban J connectivity index is 1.76. The summed E-state index contributed by atoms with van der Waals surface area (Å²) >= 11 is 0. The number of benzene rings is 3. The van der Waals surface area contributed by atoms with Gasteiger partial charge in [0, 0.05) is 16.8 Å². The summed E-state index contributed by atoms with van der Waals surface area (Å²) in [5, 5.41) is 4.82. The van der Waals surface area contributed by atoms with Crippen LogP contribution in [0.5, 0.6) is 0 Å². The highest BCUT2D eigenvalue weighted by atomic mass is 19.1. The van der Waals surface area contributed by atoms with Crippen molar-refractivity contribution in [3.05, 3.63) is 101 Å². The van der Waals surface area contributed by atoms with E-state index in [1.165, 1.54) is 17.7 Å². The lowest BCUT2D eigenvalue weighted by Gasteiger charge is -2.17. The van der Waals surface area contributed by atoms with E-state index in [1.54, 1.807) is 6.07 Å². The quantitative estimate of drug-likeness (QED) is 0.661. The van der Waals surface area contributed by atoms with Gasteiger partial charge in [-0.3, -0.25) is 4.79 Å². The first kappa shape index (κ1) is 18.8. The monoisotopic (exact) mass is 363 g/mol. The number of nitrogens with one attached hydrogen (secondary N) is 1. The van der Waals surface area contributed by atoms with E-state index in [0.29, 0.717) is 0 Å². The first-order valence-electron chi connectivity index (χ1n) is 9.18. The minimum atomic E-state index is -0.273. The fourth-order valence-electron chi connectivity index (χ4n) is 3.08. The number of aryl methyl sites for hydroxylation is 1. The van der Waals surface area contributed by atoms with E-state index < -0.39 is 0 Å². The average molecular weight is 363 g/mol. The van der Waals surface area contributed by atoms with E-state index in [4.69, 9.17) is 0 Å². The maximum atomic E-state index is 13.8. The van der Waals surface area contributed by atoms with Crippen LogP contribution in [-0.2, 0) is 11.2 Å². The molecule has 4 heteroatoms. The van der Waals surface area contributed by atoms with Gasteiger partial charge in [-0.15, -0.1) is 0 Å². The molecule has 1 atom stereocenters. The SMILES string of the molecule is CCc1ccc([C@@H]([NH2+]CC(=O)Nc2ccccc2)c2cccc(F)c2)cc1. The zero-order chi connectivity index (χ0) is 19.1. The number of nitrogens with two attached hydrogens (primary N) is 1. The van der Waals surface area contributed by atoms with E-state index in [1.807, 2.05) is 41.7 Å². The number of rotatable bonds is 7. The van der Waals surface area contributed by atoms with Gasteiger partial charge < -0.3 is 10.6 Å². The van der Waals surface area contributed by atoms with Gasteiger partial charge in [0.15, 0.2) is 6.54 Å². The molecule has 0 aliphatic rings. The molecule has 0 aliphatic heterocycles. The molecule has 0 saturated carbocycles. The maximum Gasteiger partial charge on any atom is 0.279 e. The van der Waals surface area contributed by atoms with Crippen LogP contribution in [0.3, 0.4) is 0 Å². The predicted octanol–water partition coefficient (Wildman–Crippen LogP) is 3.68.